The smallest absolute Gasteiger partial charge is 0.189 e. The van der Waals surface area contributed by atoms with Gasteiger partial charge in [0.1, 0.15) is 19.0 Å². The maximum Gasteiger partial charge on any atom is 0.189 e. The van der Waals surface area contributed by atoms with Crippen LogP contribution in [0, 0.1) is 0 Å². The minimum Gasteiger partial charge on any atom is -0.507 e. The van der Waals surface area contributed by atoms with Gasteiger partial charge in [-0.15, -0.1) is 0 Å². The molecule has 112 valence electrons. The zero-order chi connectivity index (χ0) is 15.5. The normalized spacial score (nSPS) is 13.3. The molecule has 1 heterocycles. The largest absolute Gasteiger partial charge is 0.507 e. The molecule has 1 aliphatic heterocycles. The fourth-order valence-electron chi connectivity index (χ4n) is 2.14. The third kappa shape index (κ3) is 3.07. The number of phenolic OH excluding ortho intramolecular Hbond substituents is 1. The first-order chi connectivity index (χ1) is 10.6. The highest BCUT2D eigenvalue weighted by Gasteiger charge is 2.11. The number of ketones is 1. The second kappa shape index (κ2) is 6.12. The number of ether oxygens (including phenoxy) is 2. The van der Waals surface area contributed by atoms with Crippen LogP contribution in [-0.2, 0) is 0 Å². The fourth-order valence-corrected chi connectivity index (χ4v) is 2.30. The first-order valence-corrected chi connectivity index (χ1v) is 7.12. The number of carbonyl (C=O) groups is 1. The summed E-state index contributed by atoms with van der Waals surface area (Å²) in [5, 5.41) is 10.1. The van der Waals surface area contributed by atoms with E-state index in [1.807, 2.05) is 6.07 Å². The summed E-state index contributed by atoms with van der Waals surface area (Å²) >= 11 is 5.75. The van der Waals surface area contributed by atoms with Crippen LogP contribution in [0.4, 0.5) is 0 Å². The highest BCUT2D eigenvalue weighted by Crippen LogP contribution is 2.31. The second-order valence-corrected chi connectivity index (χ2v) is 5.20. The van der Waals surface area contributed by atoms with E-state index >= 15 is 0 Å². The summed E-state index contributed by atoms with van der Waals surface area (Å²) in [7, 11) is 0. The molecule has 1 N–H and O–H groups in total. The van der Waals surface area contributed by atoms with Gasteiger partial charge in [-0.05, 0) is 42.0 Å². The van der Waals surface area contributed by atoms with Crippen molar-refractivity contribution in [1.82, 2.24) is 0 Å². The van der Waals surface area contributed by atoms with Gasteiger partial charge in [-0.1, -0.05) is 23.7 Å². The molecule has 1 aliphatic rings. The molecule has 2 aromatic carbocycles. The molecule has 0 saturated carbocycles. The lowest BCUT2D eigenvalue weighted by Gasteiger charge is -2.18. The maximum absolute atomic E-state index is 12.1. The molecule has 22 heavy (non-hydrogen) atoms. The Morgan fingerprint density at radius 1 is 1.09 bits per heavy atom. The van der Waals surface area contributed by atoms with Gasteiger partial charge < -0.3 is 14.6 Å². The summed E-state index contributed by atoms with van der Waals surface area (Å²) < 4.78 is 10.9. The van der Waals surface area contributed by atoms with Crippen LogP contribution in [0.2, 0.25) is 5.02 Å². The molecule has 0 unspecified atom stereocenters. The van der Waals surface area contributed by atoms with Gasteiger partial charge in [-0.3, -0.25) is 4.79 Å². The number of carbonyl (C=O) groups excluding carboxylic acids is 1. The Morgan fingerprint density at radius 3 is 2.64 bits per heavy atom. The van der Waals surface area contributed by atoms with E-state index in [0.29, 0.717) is 29.7 Å². The van der Waals surface area contributed by atoms with E-state index < -0.39 is 0 Å². The number of halogens is 1. The number of hydrogen-bond acceptors (Lipinski definition) is 4. The maximum atomic E-state index is 12.1. The average Bonchev–Trinajstić information content (AvgIpc) is 2.52. The molecule has 0 bridgehead atoms. The molecule has 3 rings (SSSR count). The zero-order valence-corrected chi connectivity index (χ0v) is 12.3. The average molecular weight is 317 g/mol. The van der Waals surface area contributed by atoms with Crippen LogP contribution in [0.5, 0.6) is 17.2 Å². The van der Waals surface area contributed by atoms with E-state index in [4.69, 9.17) is 21.1 Å². The summed E-state index contributed by atoms with van der Waals surface area (Å²) in [4.78, 5) is 12.1. The molecule has 0 atom stereocenters. The zero-order valence-electron chi connectivity index (χ0n) is 11.6. The highest BCUT2D eigenvalue weighted by atomic mass is 35.5. The van der Waals surface area contributed by atoms with Crippen molar-refractivity contribution in [3.63, 3.8) is 0 Å². The van der Waals surface area contributed by atoms with Crippen molar-refractivity contribution in [2.24, 2.45) is 0 Å². The Kier molecular flexibility index (Phi) is 4.02. The van der Waals surface area contributed by atoms with Gasteiger partial charge in [0, 0.05) is 5.02 Å². The Labute approximate surface area is 132 Å². The van der Waals surface area contributed by atoms with Gasteiger partial charge in [0.15, 0.2) is 17.3 Å². The third-order valence-corrected chi connectivity index (χ3v) is 3.45. The summed E-state index contributed by atoms with van der Waals surface area (Å²) in [6, 6.07) is 9.84. The lowest BCUT2D eigenvalue weighted by molar-refractivity contribution is 0.104. The Hall–Kier alpha value is -2.46. The van der Waals surface area contributed by atoms with Crippen LogP contribution in [0.15, 0.2) is 42.5 Å². The van der Waals surface area contributed by atoms with Crippen molar-refractivity contribution in [3.05, 3.63) is 58.6 Å². The molecule has 4 nitrogen and oxygen atoms in total. The van der Waals surface area contributed by atoms with Crippen LogP contribution < -0.4 is 9.47 Å². The summed E-state index contributed by atoms with van der Waals surface area (Å²) in [5.74, 6) is 0.925. The van der Waals surface area contributed by atoms with Crippen LogP contribution in [0.1, 0.15) is 15.9 Å². The number of fused-ring (bicyclic) bond motifs is 1. The van der Waals surface area contributed by atoms with Crippen molar-refractivity contribution in [2.75, 3.05) is 13.2 Å². The van der Waals surface area contributed by atoms with E-state index in [9.17, 15) is 9.90 Å². The van der Waals surface area contributed by atoms with Gasteiger partial charge in [-0.25, -0.2) is 0 Å². The van der Waals surface area contributed by atoms with Crippen molar-refractivity contribution >= 4 is 23.5 Å². The van der Waals surface area contributed by atoms with E-state index in [2.05, 4.69) is 0 Å². The molecule has 0 spiro atoms. The summed E-state index contributed by atoms with van der Waals surface area (Å²) in [5.41, 5.74) is 1.02. The molecule has 0 amide bonds. The molecule has 2 aromatic rings. The first kappa shape index (κ1) is 14.5. The first-order valence-electron chi connectivity index (χ1n) is 6.74. The molecular weight excluding hydrogens is 304 g/mol. The lowest BCUT2D eigenvalue weighted by Crippen LogP contribution is -2.15. The molecule has 5 heteroatoms. The number of hydrogen-bond donors (Lipinski definition) is 1. The standard InChI is InChI=1S/C17H13ClO4/c18-12-3-4-13(15(20)10-12)14(19)5-1-11-2-6-16-17(9-11)22-8-7-21-16/h1-6,9-10,20H,7-8H2. The minimum absolute atomic E-state index is 0.135. The van der Waals surface area contributed by atoms with E-state index in [-0.39, 0.29) is 17.1 Å². The van der Waals surface area contributed by atoms with Crippen molar-refractivity contribution in [2.45, 2.75) is 0 Å². The van der Waals surface area contributed by atoms with Gasteiger partial charge in [0.2, 0.25) is 0 Å². The lowest BCUT2D eigenvalue weighted by atomic mass is 10.1. The van der Waals surface area contributed by atoms with E-state index in [0.717, 1.165) is 5.56 Å². The second-order valence-electron chi connectivity index (χ2n) is 4.76. The Bertz CT molecular complexity index is 752. The molecule has 0 aromatic heterocycles. The third-order valence-electron chi connectivity index (χ3n) is 3.22. The topological polar surface area (TPSA) is 55.8 Å². The minimum atomic E-state index is -0.302. The predicted octanol–water partition coefficient (Wildman–Crippen LogP) is 3.71. The fraction of sp³-hybridized carbons (Fsp3) is 0.118. The molecular formula is C17H13ClO4. The molecule has 0 saturated heterocycles. The van der Waals surface area contributed by atoms with Crippen LogP contribution >= 0.6 is 11.6 Å². The van der Waals surface area contributed by atoms with E-state index in [1.54, 1.807) is 24.3 Å². The summed E-state index contributed by atoms with van der Waals surface area (Å²) in [6.07, 6.45) is 3.06. The van der Waals surface area contributed by atoms with Crippen LogP contribution in [-0.4, -0.2) is 24.1 Å². The van der Waals surface area contributed by atoms with Crippen LogP contribution in [0.25, 0.3) is 6.08 Å². The number of rotatable bonds is 3. The van der Waals surface area contributed by atoms with Crippen molar-refractivity contribution in [3.8, 4) is 17.2 Å². The highest BCUT2D eigenvalue weighted by molar-refractivity contribution is 6.31. The molecule has 0 aliphatic carbocycles. The van der Waals surface area contributed by atoms with Gasteiger partial charge >= 0.3 is 0 Å². The van der Waals surface area contributed by atoms with Gasteiger partial charge in [0.05, 0.1) is 5.56 Å². The molecule has 0 fully saturated rings. The number of aromatic hydroxyl groups is 1. The quantitative estimate of drug-likeness (QED) is 0.692. The van der Waals surface area contributed by atoms with E-state index in [1.165, 1.54) is 18.2 Å². The van der Waals surface area contributed by atoms with Gasteiger partial charge in [0.25, 0.3) is 0 Å². The number of benzene rings is 2. The van der Waals surface area contributed by atoms with Crippen molar-refractivity contribution in [1.29, 1.82) is 0 Å². The Morgan fingerprint density at radius 2 is 1.86 bits per heavy atom. The van der Waals surface area contributed by atoms with Crippen molar-refractivity contribution < 1.29 is 19.4 Å². The number of allylic oxidation sites excluding steroid dienone is 1. The van der Waals surface area contributed by atoms with Gasteiger partial charge in [-0.2, -0.15) is 0 Å². The predicted molar refractivity (Wildman–Crippen MR) is 83.9 cm³/mol. The summed E-state index contributed by atoms with van der Waals surface area (Å²) in [6.45, 7) is 1.05. The SMILES string of the molecule is O=C(C=Cc1ccc2c(c1)OCCO2)c1ccc(Cl)cc1O. The monoisotopic (exact) mass is 316 g/mol. The molecule has 0 radical (unpaired) electrons. The number of phenols is 1. The van der Waals surface area contributed by atoms with Crippen LogP contribution in [0.3, 0.4) is 0 Å². The Balaban J connectivity index is 1.80.